The van der Waals surface area contributed by atoms with Crippen LogP contribution in [0.3, 0.4) is 0 Å². The Labute approximate surface area is 127 Å². The first-order valence-corrected chi connectivity index (χ1v) is 7.96. The molecule has 9 heteroatoms. The lowest BCUT2D eigenvalue weighted by Gasteiger charge is -2.23. The van der Waals surface area contributed by atoms with Crippen molar-refractivity contribution in [1.29, 1.82) is 0 Å². The highest BCUT2D eigenvalue weighted by Gasteiger charge is 2.25. The molecule has 22 heavy (non-hydrogen) atoms. The topological polar surface area (TPSA) is 102 Å². The molecule has 1 amide bonds. The molecule has 0 saturated heterocycles. The number of anilines is 2. The molecule has 0 bridgehead atoms. The molecule has 8 nitrogen and oxygen atoms in total. The Morgan fingerprint density at radius 2 is 2.18 bits per heavy atom. The normalized spacial score (nSPS) is 17.4. The van der Waals surface area contributed by atoms with Crippen LogP contribution in [-0.2, 0) is 21.9 Å². The Bertz CT molecular complexity index is 843. The second-order valence-corrected chi connectivity index (χ2v) is 6.60. The number of ether oxygens (including phenoxy) is 1. The van der Waals surface area contributed by atoms with E-state index in [0.717, 1.165) is 0 Å². The molecular formula is C13H14N4O4S. The van der Waals surface area contributed by atoms with Crippen molar-refractivity contribution in [2.75, 3.05) is 10.0 Å². The minimum absolute atomic E-state index is 0.0402. The van der Waals surface area contributed by atoms with Gasteiger partial charge in [0.15, 0.2) is 6.10 Å². The average Bonchev–Trinajstić information content (AvgIpc) is 2.84. The third kappa shape index (κ3) is 2.62. The van der Waals surface area contributed by atoms with Crippen LogP contribution in [0.4, 0.5) is 11.4 Å². The number of benzene rings is 1. The first-order valence-electron chi connectivity index (χ1n) is 6.48. The zero-order chi connectivity index (χ0) is 15.9. The van der Waals surface area contributed by atoms with E-state index in [9.17, 15) is 13.2 Å². The number of hydrogen-bond donors (Lipinski definition) is 2. The molecule has 2 N–H and O–H groups in total. The van der Waals surface area contributed by atoms with Crippen molar-refractivity contribution in [3.8, 4) is 5.75 Å². The fourth-order valence-electron chi connectivity index (χ4n) is 2.04. The molecule has 2 heterocycles. The van der Waals surface area contributed by atoms with Crippen LogP contribution >= 0.6 is 0 Å². The maximum atomic E-state index is 12.4. The Morgan fingerprint density at radius 1 is 1.41 bits per heavy atom. The molecule has 1 aromatic heterocycles. The lowest BCUT2D eigenvalue weighted by Crippen LogP contribution is -2.34. The van der Waals surface area contributed by atoms with Gasteiger partial charge in [0.25, 0.3) is 15.9 Å². The van der Waals surface area contributed by atoms with Crippen molar-refractivity contribution in [3.63, 3.8) is 0 Å². The standard InChI is InChI=1S/C13H14N4O4S/c1-8-13(18)15-11-4-3-10(5-12(11)21-8)22(19,20)16-9-6-14-17(2)7-9/h3-8,16H,1-2H3,(H,15,18)/t8-/m1/s1. The van der Waals surface area contributed by atoms with E-state index in [-0.39, 0.29) is 10.8 Å². The van der Waals surface area contributed by atoms with E-state index in [2.05, 4.69) is 15.1 Å². The van der Waals surface area contributed by atoms with Crippen LogP contribution in [0.1, 0.15) is 6.92 Å². The van der Waals surface area contributed by atoms with Crippen LogP contribution in [0.15, 0.2) is 35.5 Å². The SMILES string of the molecule is C[C@H]1Oc2cc(S(=O)(=O)Nc3cnn(C)c3)ccc2NC1=O. The molecule has 1 aliphatic rings. The monoisotopic (exact) mass is 322 g/mol. The van der Waals surface area contributed by atoms with Crippen molar-refractivity contribution in [2.45, 2.75) is 17.9 Å². The number of nitrogens with one attached hydrogen (secondary N) is 2. The predicted octanol–water partition coefficient (Wildman–Crippen LogP) is 0.940. The summed E-state index contributed by atoms with van der Waals surface area (Å²) in [5, 5.41) is 6.55. The van der Waals surface area contributed by atoms with Gasteiger partial charge >= 0.3 is 0 Å². The molecule has 0 fully saturated rings. The summed E-state index contributed by atoms with van der Waals surface area (Å²) in [7, 11) is -2.07. The van der Waals surface area contributed by atoms with Gasteiger partial charge in [0.2, 0.25) is 0 Å². The van der Waals surface area contributed by atoms with Crippen molar-refractivity contribution in [1.82, 2.24) is 9.78 Å². The summed E-state index contributed by atoms with van der Waals surface area (Å²) in [6.45, 7) is 1.59. The highest BCUT2D eigenvalue weighted by molar-refractivity contribution is 7.92. The fourth-order valence-corrected chi connectivity index (χ4v) is 3.08. The van der Waals surface area contributed by atoms with Crippen LogP contribution in [0, 0.1) is 0 Å². The number of fused-ring (bicyclic) bond motifs is 1. The zero-order valence-electron chi connectivity index (χ0n) is 11.9. The molecule has 2 aromatic rings. The maximum Gasteiger partial charge on any atom is 0.265 e. The largest absolute Gasteiger partial charge is 0.479 e. The molecule has 0 saturated carbocycles. The minimum Gasteiger partial charge on any atom is -0.479 e. The summed E-state index contributed by atoms with van der Waals surface area (Å²) in [5.41, 5.74) is 0.811. The Kier molecular flexibility index (Phi) is 3.28. The summed E-state index contributed by atoms with van der Waals surface area (Å²) in [6.07, 6.45) is 2.29. The lowest BCUT2D eigenvalue weighted by atomic mass is 10.2. The van der Waals surface area contributed by atoms with Gasteiger partial charge in [0, 0.05) is 19.3 Å². The number of aromatic nitrogens is 2. The highest BCUT2D eigenvalue weighted by Crippen LogP contribution is 2.32. The first-order chi connectivity index (χ1) is 10.3. The quantitative estimate of drug-likeness (QED) is 0.875. The highest BCUT2D eigenvalue weighted by atomic mass is 32.2. The summed E-state index contributed by atoms with van der Waals surface area (Å²) >= 11 is 0. The minimum atomic E-state index is -3.76. The molecule has 3 rings (SSSR count). The van der Waals surface area contributed by atoms with Crippen LogP contribution < -0.4 is 14.8 Å². The van der Waals surface area contributed by atoms with Gasteiger partial charge in [-0.2, -0.15) is 5.10 Å². The van der Waals surface area contributed by atoms with Crippen LogP contribution in [0.2, 0.25) is 0 Å². The van der Waals surface area contributed by atoms with E-state index in [1.807, 2.05) is 0 Å². The van der Waals surface area contributed by atoms with Gasteiger partial charge in [-0.05, 0) is 19.1 Å². The van der Waals surface area contributed by atoms with Crippen LogP contribution in [0.25, 0.3) is 0 Å². The number of nitrogens with zero attached hydrogens (tertiary/aromatic N) is 2. The Morgan fingerprint density at radius 3 is 2.86 bits per heavy atom. The molecule has 0 unspecified atom stereocenters. The predicted molar refractivity (Wildman–Crippen MR) is 79.2 cm³/mol. The number of hydrogen-bond acceptors (Lipinski definition) is 5. The maximum absolute atomic E-state index is 12.4. The Balaban J connectivity index is 1.92. The molecular weight excluding hydrogens is 308 g/mol. The van der Waals surface area contributed by atoms with Crippen LogP contribution in [-0.4, -0.2) is 30.2 Å². The molecule has 116 valence electrons. The molecule has 0 aliphatic carbocycles. The number of carbonyl (C=O) groups excluding carboxylic acids is 1. The van der Waals surface area contributed by atoms with Gasteiger partial charge in [0.05, 0.1) is 22.5 Å². The molecule has 0 radical (unpaired) electrons. The number of rotatable bonds is 3. The summed E-state index contributed by atoms with van der Waals surface area (Å²) in [5.74, 6) is 0.0535. The number of carbonyl (C=O) groups is 1. The summed E-state index contributed by atoms with van der Waals surface area (Å²) in [4.78, 5) is 11.5. The van der Waals surface area contributed by atoms with Gasteiger partial charge in [-0.3, -0.25) is 14.2 Å². The number of sulfonamides is 1. The summed E-state index contributed by atoms with van der Waals surface area (Å²) in [6, 6.07) is 4.28. The van der Waals surface area contributed by atoms with Gasteiger partial charge < -0.3 is 10.1 Å². The van der Waals surface area contributed by atoms with Crippen molar-refractivity contribution in [2.24, 2.45) is 7.05 Å². The number of aryl methyl sites for hydroxylation is 1. The molecule has 0 spiro atoms. The van der Waals surface area contributed by atoms with E-state index < -0.39 is 16.1 Å². The third-order valence-corrected chi connectivity index (χ3v) is 4.53. The van der Waals surface area contributed by atoms with E-state index in [4.69, 9.17) is 4.74 Å². The van der Waals surface area contributed by atoms with Gasteiger partial charge in [-0.1, -0.05) is 0 Å². The second-order valence-electron chi connectivity index (χ2n) is 4.92. The zero-order valence-corrected chi connectivity index (χ0v) is 12.7. The smallest absolute Gasteiger partial charge is 0.265 e. The van der Waals surface area contributed by atoms with Gasteiger partial charge in [-0.15, -0.1) is 0 Å². The van der Waals surface area contributed by atoms with E-state index in [1.54, 1.807) is 20.2 Å². The van der Waals surface area contributed by atoms with Crippen molar-refractivity contribution < 1.29 is 17.9 Å². The second kappa shape index (κ2) is 5.02. The molecule has 1 atom stereocenters. The van der Waals surface area contributed by atoms with E-state index in [1.165, 1.54) is 29.1 Å². The van der Waals surface area contributed by atoms with E-state index >= 15 is 0 Å². The van der Waals surface area contributed by atoms with Crippen molar-refractivity contribution >= 4 is 27.3 Å². The molecule has 1 aromatic carbocycles. The average molecular weight is 322 g/mol. The number of amides is 1. The van der Waals surface area contributed by atoms with Gasteiger partial charge in [0.1, 0.15) is 5.75 Å². The lowest BCUT2D eigenvalue weighted by molar-refractivity contribution is -0.122. The van der Waals surface area contributed by atoms with Crippen LogP contribution in [0.5, 0.6) is 5.75 Å². The van der Waals surface area contributed by atoms with E-state index in [0.29, 0.717) is 17.1 Å². The third-order valence-electron chi connectivity index (χ3n) is 3.15. The fraction of sp³-hybridized carbons (Fsp3) is 0.231. The van der Waals surface area contributed by atoms with Crippen molar-refractivity contribution in [3.05, 3.63) is 30.6 Å². The summed E-state index contributed by atoms with van der Waals surface area (Å²) < 4.78 is 34.0. The Hall–Kier alpha value is -2.55. The first kappa shape index (κ1) is 14.4. The van der Waals surface area contributed by atoms with Gasteiger partial charge in [-0.25, -0.2) is 8.42 Å². The molecule has 1 aliphatic heterocycles.